The van der Waals surface area contributed by atoms with E-state index in [1.165, 1.54) is 0 Å². The lowest BCUT2D eigenvalue weighted by Crippen LogP contribution is -2.50. The van der Waals surface area contributed by atoms with E-state index in [2.05, 4.69) is 31.0 Å². The van der Waals surface area contributed by atoms with E-state index in [9.17, 15) is 4.79 Å². The number of piperidine rings is 1. The van der Waals surface area contributed by atoms with Gasteiger partial charge in [0.1, 0.15) is 12.7 Å². The average Bonchev–Trinajstić information content (AvgIpc) is 3.44. The van der Waals surface area contributed by atoms with E-state index in [-0.39, 0.29) is 17.2 Å². The van der Waals surface area contributed by atoms with Crippen LogP contribution in [0.5, 0.6) is 11.5 Å². The van der Waals surface area contributed by atoms with Gasteiger partial charge in [0.2, 0.25) is 5.91 Å². The highest BCUT2D eigenvalue weighted by Crippen LogP contribution is 2.49. The topological polar surface area (TPSA) is 81.5 Å². The standard InChI is InChI=1S/C21H27N5O3/c1-28-18-4-2-3-16-19(18)29-10-7-21(16)12-22-11-17(21)20(27)25-8-5-15(6-9-25)26-13-23-24-14-26/h2-4,13-15,17,22H,5-12H2,1H3/t17-,21-/m0/s1. The minimum atomic E-state index is -0.232. The first kappa shape index (κ1) is 18.4. The number of ether oxygens (including phenoxy) is 2. The second kappa shape index (κ2) is 7.33. The Morgan fingerprint density at radius 1 is 1.28 bits per heavy atom. The largest absolute Gasteiger partial charge is 0.493 e. The number of likely N-dealkylation sites (tertiary alicyclic amines) is 1. The summed E-state index contributed by atoms with van der Waals surface area (Å²) in [5, 5.41) is 11.3. The molecule has 2 fully saturated rings. The van der Waals surface area contributed by atoms with Gasteiger partial charge in [-0.05, 0) is 25.3 Å². The van der Waals surface area contributed by atoms with Crippen molar-refractivity contribution in [3.8, 4) is 11.5 Å². The van der Waals surface area contributed by atoms with Gasteiger partial charge >= 0.3 is 0 Å². The number of benzene rings is 1. The third-order valence-corrected chi connectivity index (χ3v) is 6.92. The van der Waals surface area contributed by atoms with Crippen molar-refractivity contribution >= 4 is 5.91 Å². The Kier molecular flexibility index (Phi) is 4.66. The summed E-state index contributed by atoms with van der Waals surface area (Å²) in [4.78, 5) is 15.7. The highest BCUT2D eigenvalue weighted by molar-refractivity contribution is 5.82. The Balaban J connectivity index is 1.38. The molecule has 1 spiro atoms. The van der Waals surface area contributed by atoms with E-state index in [1.807, 2.05) is 12.1 Å². The van der Waals surface area contributed by atoms with Crippen LogP contribution >= 0.6 is 0 Å². The number of carbonyl (C=O) groups excluding carboxylic acids is 1. The number of fused-ring (bicyclic) bond motifs is 2. The fourth-order valence-corrected chi connectivity index (χ4v) is 5.32. The van der Waals surface area contributed by atoms with Gasteiger partial charge in [-0.15, -0.1) is 10.2 Å². The predicted octanol–water partition coefficient (Wildman–Crippen LogP) is 1.39. The average molecular weight is 397 g/mol. The zero-order chi connectivity index (χ0) is 19.8. The SMILES string of the molecule is COc1cccc2c1OCC[C@]21CNC[C@H]1C(=O)N1CCC(n2cnnc2)CC1. The van der Waals surface area contributed by atoms with Crippen molar-refractivity contribution in [1.29, 1.82) is 0 Å². The van der Waals surface area contributed by atoms with Crippen LogP contribution in [0.3, 0.4) is 0 Å². The van der Waals surface area contributed by atoms with Crippen LogP contribution in [0.25, 0.3) is 0 Å². The number of rotatable bonds is 3. The van der Waals surface area contributed by atoms with Gasteiger partial charge in [0.05, 0.1) is 19.6 Å². The number of nitrogens with zero attached hydrogens (tertiary/aromatic N) is 4. The molecule has 0 bridgehead atoms. The number of hydrogen-bond acceptors (Lipinski definition) is 6. The lowest BCUT2D eigenvalue weighted by atomic mass is 9.68. The number of aromatic nitrogens is 3. The fourth-order valence-electron chi connectivity index (χ4n) is 5.32. The van der Waals surface area contributed by atoms with E-state index in [1.54, 1.807) is 19.8 Å². The maximum Gasteiger partial charge on any atom is 0.227 e. The van der Waals surface area contributed by atoms with Crippen LogP contribution in [-0.2, 0) is 10.2 Å². The van der Waals surface area contributed by atoms with Crippen molar-refractivity contribution in [3.05, 3.63) is 36.4 Å². The molecule has 2 aromatic rings. The molecule has 8 heteroatoms. The zero-order valence-electron chi connectivity index (χ0n) is 16.7. The van der Waals surface area contributed by atoms with Crippen LogP contribution in [0.2, 0.25) is 0 Å². The van der Waals surface area contributed by atoms with Crippen LogP contribution in [0.4, 0.5) is 0 Å². The number of nitrogens with one attached hydrogen (secondary N) is 1. The normalized spacial score (nSPS) is 26.9. The van der Waals surface area contributed by atoms with Crippen molar-refractivity contribution in [2.45, 2.75) is 30.7 Å². The van der Waals surface area contributed by atoms with E-state index in [0.717, 1.165) is 56.0 Å². The van der Waals surface area contributed by atoms with Crippen molar-refractivity contribution in [3.63, 3.8) is 0 Å². The lowest BCUT2D eigenvalue weighted by Gasteiger charge is -2.42. The molecule has 1 amide bonds. The number of carbonyl (C=O) groups is 1. The third kappa shape index (κ3) is 2.97. The van der Waals surface area contributed by atoms with Crippen LogP contribution in [0, 0.1) is 5.92 Å². The first-order chi connectivity index (χ1) is 14.2. The highest BCUT2D eigenvalue weighted by atomic mass is 16.5. The molecule has 3 aliphatic heterocycles. The zero-order valence-corrected chi connectivity index (χ0v) is 16.7. The molecule has 2 atom stereocenters. The van der Waals surface area contributed by atoms with Crippen LogP contribution in [0.1, 0.15) is 30.9 Å². The first-order valence-electron chi connectivity index (χ1n) is 10.4. The monoisotopic (exact) mass is 397 g/mol. The summed E-state index contributed by atoms with van der Waals surface area (Å²) >= 11 is 0. The Hall–Kier alpha value is -2.61. The molecule has 5 rings (SSSR count). The third-order valence-electron chi connectivity index (χ3n) is 6.92. The molecule has 4 heterocycles. The minimum absolute atomic E-state index is 0.0799. The number of hydrogen-bond donors (Lipinski definition) is 1. The molecule has 2 saturated heterocycles. The summed E-state index contributed by atoms with van der Waals surface area (Å²) in [7, 11) is 1.66. The van der Waals surface area contributed by atoms with Gasteiger partial charge in [0.15, 0.2) is 11.5 Å². The molecule has 0 radical (unpaired) electrons. The first-order valence-corrected chi connectivity index (χ1v) is 10.4. The molecule has 1 aromatic heterocycles. The molecular formula is C21H27N5O3. The summed E-state index contributed by atoms with van der Waals surface area (Å²) < 4.78 is 13.5. The molecular weight excluding hydrogens is 370 g/mol. The summed E-state index contributed by atoms with van der Waals surface area (Å²) in [6.45, 7) is 3.66. The van der Waals surface area contributed by atoms with E-state index < -0.39 is 0 Å². The Morgan fingerprint density at radius 2 is 2.07 bits per heavy atom. The molecule has 0 aliphatic carbocycles. The second-order valence-corrected chi connectivity index (χ2v) is 8.24. The van der Waals surface area contributed by atoms with Gasteiger partial charge in [0.25, 0.3) is 0 Å². The van der Waals surface area contributed by atoms with Crippen LogP contribution in [-0.4, -0.2) is 65.5 Å². The summed E-state index contributed by atoms with van der Waals surface area (Å²) in [6, 6.07) is 6.39. The van der Waals surface area contributed by atoms with Gasteiger partial charge in [-0.25, -0.2) is 0 Å². The molecule has 1 N–H and O–H groups in total. The molecule has 1 aromatic carbocycles. The number of para-hydroxylation sites is 1. The van der Waals surface area contributed by atoms with Crippen LogP contribution in [0.15, 0.2) is 30.9 Å². The van der Waals surface area contributed by atoms with Crippen molar-refractivity contribution < 1.29 is 14.3 Å². The Morgan fingerprint density at radius 3 is 2.83 bits per heavy atom. The smallest absolute Gasteiger partial charge is 0.227 e. The van der Waals surface area contributed by atoms with E-state index in [0.29, 0.717) is 19.2 Å². The summed E-state index contributed by atoms with van der Waals surface area (Å²) in [6.07, 6.45) is 6.25. The predicted molar refractivity (Wildman–Crippen MR) is 106 cm³/mol. The number of methoxy groups -OCH3 is 1. The fraction of sp³-hybridized carbons (Fsp3) is 0.571. The van der Waals surface area contributed by atoms with Gasteiger partial charge in [-0.1, -0.05) is 12.1 Å². The van der Waals surface area contributed by atoms with Crippen molar-refractivity contribution in [2.24, 2.45) is 5.92 Å². The molecule has 8 nitrogen and oxygen atoms in total. The van der Waals surface area contributed by atoms with Crippen molar-refractivity contribution in [1.82, 2.24) is 25.0 Å². The summed E-state index contributed by atoms with van der Waals surface area (Å²) in [5.74, 6) is 1.72. The van der Waals surface area contributed by atoms with Gasteiger partial charge in [0, 0.05) is 43.2 Å². The van der Waals surface area contributed by atoms with Crippen LogP contribution < -0.4 is 14.8 Å². The Bertz CT molecular complexity index is 878. The van der Waals surface area contributed by atoms with Gasteiger partial charge in [-0.3, -0.25) is 4.79 Å². The second-order valence-electron chi connectivity index (χ2n) is 8.24. The molecule has 0 unspecified atom stereocenters. The number of amides is 1. The quantitative estimate of drug-likeness (QED) is 0.843. The summed E-state index contributed by atoms with van der Waals surface area (Å²) in [5.41, 5.74) is 0.871. The van der Waals surface area contributed by atoms with E-state index in [4.69, 9.17) is 9.47 Å². The molecule has 154 valence electrons. The molecule has 0 saturated carbocycles. The maximum atomic E-state index is 13.6. The molecule has 3 aliphatic rings. The Labute approximate surface area is 170 Å². The minimum Gasteiger partial charge on any atom is -0.493 e. The highest BCUT2D eigenvalue weighted by Gasteiger charge is 2.52. The van der Waals surface area contributed by atoms with E-state index >= 15 is 0 Å². The molecule has 29 heavy (non-hydrogen) atoms. The van der Waals surface area contributed by atoms with Gasteiger partial charge < -0.3 is 24.3 Å². The van der Waals surface area contributed by atoms with Crippen molar-refractivity contribution in [2.75, 3.05) is 39.9 Å². The lowest BCUT2D eigenvalue weighted by molar-refractivity contribution is -0.138. The van der Waals surface area contributed by atoms with Gasteiger partial charge in [-0.2, -0.15) is 0 Å². The maximum absolute atomic E-state index is 13.6.